The van der Waals surface area contributed by atoms with Gasteiger partial charge in [-0.1, -0.05) is 11.3 Å². The maximum absolute atomic E-state index is 12.2. The third-order valence-electron chi connectivity index (χ3n) is 1.99. The third kappa shape index (κ3) is 2.00. The highest BCUT2D eigenvalue weighted by Gasteiger charge is 2.38. The van der Waals surface area contributed by atoms with Crippen LogP contribution >= 0.6 is 11.3 Å². The van der Waals surface area contributed by atoms with Crippen molar-refractivity contribution in [2.24, 2.45) is 0 Å². The summed E-state index contributed by atoms with van der Waals surface area (Å²) in [6, 6.07) is 0. The Hall–Kier alpha value is -1.22. The van der Waals surface area contributed by atoms with E-state index in [-0.39, 0.29) is 29.4 Å². The minimum absolute atomic E-state index is 0.0364. The van der Waals surface area contributed by atoms with Gasteiger partial charge in [-0.3, -0.25) is 9.69 Å². The zero-order valence-corrected chi connectivity index (χ0v) is 8.55. The van der Waals surface area contributed by atoms with Crippen molar-refractivity contribution in [3.8, 4) is 0 Å². The number of amides is 1. The molecular weight excluding hydrogens is 247 g/mol. The summed E-state index contributed by atoms with van der Waals surface area (Å²) >= 11 is 0.290. The molecule has 0 radical (unpaired) electrons. The van der Waals surface area contributed by atoms with E-state index in [4.69, 9.17) is 5.11 Å². The molecule has 0 aliphatic carbocycles. The van der Waals surface area contributed by atoms with Gasteiger partial charge >= 0.3 is 6.18 Å². The molecule has 2 rings (SSSR count). The lowest BCUT2D eigenvalue weighted by atomic mass is 10.3. The molecule has 1 fully saturated rings. The van der Waals surface area contributed by atoms with Crippen molar-refractivity contribution in [3.05, 3.63) is 5.01 Å². The predicted octanol–water partition coefficient (Wildman–Crippen LogP) is 0.655. The number of hydrogen-bond acceptors (Lipinski definition) is 5. The lowest BCUT2D eigenvalue weighted by Gasteiger charge is -2.09. The van der Waals surface area contributed by atoms with Crippen LogP contribution in [0, 0.1) is 0 Å². The van der Waals surface area contributed by atoms with Gasteiger partial charge in [0, 0.05) is 0 Å². The van der Waals surface area contributed by atoms with Crippen LogP contribution in [0.3, 0.4) is 0 Å². The molecule has 0 bridgehead atoms. The van der Waals surface area contributed by atoms with Crippen LogP contribution in [0.4, 0.5) is 18.3 Å². The smallest absolute Gasteiger partial charge is 0.391 e. The van der Waals surface area contributed by atoms with Crippen molar-refractivity contribution >= 4 is 22.4 Å². The fourth-order valence-corrected chi connectivity index (χ4v) is 2.05. The van der Waals surface area contributed by atoms with Gasteiger partial charge in [-0.05, 0) is 0 Å². The van der Waals surface area contributed by atoms with Crippen LogP contribution in [0.1, 0.15) is 11.4 Å². The number of anilines is 1. The molecular formula is C7H6F3N3O2S. The van der Waals surface area contributed by atoms with Crippen molar-refractivity contribution in [2.75, 3.05) is 11.4 Å². The summed E-state index contributed by atoms with van der Waals surface area (Å²) in [5.74, 6) is -0.447. The summed E-state index contributed by atoms with van der Waals surface area (Å²) in [7, 11) is 0. The first-order chi connectivity index (χ1) is 7.38. The van der Waals surface area contributed by atoms with Crippen LogP contribution < -0.4 is 4.90 Å². The Morgan fingerprint density at radius 3 is 2.56 bits per heavy atom. The largest absolute Gasteiger partial charge is 0.445 e. The van der Waals surface area contributed by atoms with E-state index in [1.54, 1.807) is 0 Å². The first-order valence-electron chi connectivity index (χ1n) is 4.27. The Morgan fingerprint density at radius 2 is 2.12 bits per heavy atom. The highest BCUT2D eigenvalue weighted by atomic mass is 32.1. The number of hydrogen-bond donors (Lipinski definition) is 1. The molecule has 0 aromatic carbocycles. The summed E-state index contributed by atoms with van der Waals surface area (Å²) in [5, 5.41) is 14.2. The van der Waals surface area contributed by atoms with E-state index in [1.807, 2.05) is 0 Å². The quantitative estimate of drug-likeness (QED) is 0.798. The second-order valence-corrected chi connectivity index (χ2v) is 4.21. The lowest BCUT2D eigenvalue weighted by molar-refractivity contribution is -0.138. The molecule has 9 heteroatoms. The molecule has 0 spiro atoms. The zero-order chi connectivity index (χ0) is 11.9. The molecule has 5 nitrogen and oxygen atoms in total. The van der Waals surface area contributed by atoms with Gasteiger partial charge in [0.25, 0.3) is 0 Å². The van der Waals surface area contributed by atoms with E-state index in [9.17, 15) is 18.0 Å². The summed E-state index contributed by atoms with van der Waals surface area (Å²) in [4.78, 5) is 12.3. The summed E-state index contributed by atoms with van der Waals surface area (Å²) in [5.41, 5.74) is 0. The molecule has 16 heavy (non-hydrogen) atoms. The molecule has 1 amide bonds. The summed E-state index contributed by atoms with van der Waals surface area (Å²) < 4.78 is 36.7. The maximum Gasteiger partial charge on any atom is 0.445 e. The predicted molar refractivity (Wildman–Crippen MR) is 47.9 cm³/mol. The molecule has 1 aliphatic heterocycles. The second-order valence-electron chi connectivity index (χ2n) is 3.25. The Balaban J connectivity index is 2.23. The highest BCUT2D eigenvalue weighted by Crippen LogP contribution is 2.35. The van der Waals surface area contributed by atoms with Gasteiger partial charge in [-0.15, -0.1) is 10.2 Å². The van der Waals surface area contributed by atoms with E-state index in [1.165, 1.54) is 0 Å². The summed E-state index contributed by atoms with van der Waals surface area (Å²) in [6.45, 7) is -0.0364. The lowest BCUT2D eigenvalue weighted by Crippen LogP contribution is -2.24. The van der Waals surface area contributed by atoms with Gasteiger partial charge in [0.05, 0.1) is 19.1 Å². The van der Waals surface area contributed by atoms with E-state index in [0.717, 1.165) is 4.90 Å². The SMILES string of the molecule is O=C1CC(O)CN1c1nnc(C(F)(F)F)s1. The second kappa shape index (κ2) is 3.67. The first-order valence-corrected chi connectivity index (χ1v) is 5.08. The van der Waals surface area contributed by atoms with Crippen LogP contribution in [-0.4, -0.2) is 33.9 Å². The molecule has 1 saturated heterocycles. The van der Waals surface area contributed by atoms with Crippen LogP contribution in [-0.2, 0) is 11.0 Å². The van der Waals surface area contributed by atoms with Crippen molar-refractivity contribution < 1.29 is 23.1 Å². The van der Waals surface area contributed by atoms with Crippen molar-refractivity contribution in [2.45, 2.75) is 18.7 Å². The van der Waals surface area contributed by atoms with E-state index in [2.05, 4.69) is 10.2 Å². The monoisotopic (exact) mass is 253 g/mol. The molecule has 88 valence electrons. The molecule has 1 aromatic heterocycles. The Kier molecular flexibility index (Phi) is 2.58. The number of alkyl halides is 3. The van der Waals surface area contributed by atoms with Crippen LogP contribution in [0.25, 0.3) is 0 Å². The van der Waals surface area contributed by atoms with Crippen LogP contribution in [0.2, 0.25) is 0 Å². The third-order valence-corrected chi connectivity index (χ3v) is 2.98. The standard InChI is InChI=1S/C7H6F3N3O2S/c8-7(9,10)5-11-12-6(16-5)13-2-3(14)1-4(13)15/h3,14H,1-2H2. The highest BCUT2D eigenvalue weighted by molar-refractivity contribution is 7.15. The Bertz CT molecular complexity index is 419. The van der Waals surface area contributed by atoms with Gasteiger partial charge < -0.3 is 5.11 Å². The topological polar surface area (TPSA) is 66.3 Å². The summed E-state index contributed by atoms with van der Waals surface area (Å²) in [6.07, 6.45) is -5.51. The first kappa shape index (κ1) is 11.3. The Morgan fingerprint density at radius 1 is 1.44 bits per heavy atom. The number of nitrogens with zero attached hydrogens (tertiary/aromatic N) is 3. The Labute approximate surface area is 91.5 Å². The normalized spacial score (nSPS) is 21.9. The number of halogens is 3. The van der Waals surface area contributed by atoms with E-state index in [0.29, 0.717) is 0 Å². The number of aromatic nitrogens is 2. The van der Waals surface area contributed by atoms with Crippen molar-refractivity contribution in [1.29, 1.82) is 0 Å². The van der Waals surface area contributed by atoms with E-state index >= 15 is 0 Å². The molecule has 1 aliphatic rings. The number of carbonyl (C=O) groups excluding carboxylic acids is 1. The molecule has 1 atom stereocenters. The average Bonchev–Trinajstić information content (AvgIpc) is 2.70. The maximum atomic E-state index is 12.2. The van der Waals surface area contributed by atoms with Gasteiger partial charge in [0.2, 0.25) is 16.0 Å². The van der Waals surface area contributed by atoms with Gasteiger partial charge in [0.15, 0.2) is 0 Å². The van der Waals surface area contributed by atoms with Crippen LogP contribution in [0.15, 0.2) is 0 Å². The minimum Gasteiger partial charge on any atom is -0.391 e. The molecule has 1 unspecified atom stereocenters. The fraction of sp³-hybridized carbons (Fsp3) is 0.571. The van der Waals surface area contributed by atoms with Gasteiger partial charge in [0.1, 0.15) is 0 Å². The zero-order valence-electron chi connectivity index (χ0n) is 7.73. The van der Waals surface area contributed by atoms with E-state index < -0.39 is 23.2 Å². The molecule has 1 aromatic rings. The number of rotatable bonds is 1. The molecule has 2 heterocycles. The number of carbonyl (C=O) groups is 1. The minimum atomic E-state index is -4.56. The molecule has 0 saturated carbocycles. The molecule has 1 N–H and O–H groups in total. The van der Waals surface area contributed by atoms with Crippen molar-refractivity contribution in [1.82, 2.24) is 10.2 Å². The number of aliphatic hydroxyl groups is 1. The fourth-order valence-electron chi connectivity index (χ4n) is 1.31. The van der Waals surface area contributed by atoms with Crippen molar-refractivity contribution in [3.63, 3.8) is 0 Å². The number of aliphatic hydroxyl groups excluding tert-OH is 1. The average molecular weight is 253 g/mol. The van der Waals surface area contributed by atoms with Gasteiger partial charge in [-0.2, -0.15) is 13.2 Å². The van der Waals surface area contributed by atoms with Gasteiger partial charge in [-0.25, -0.2) is 0 Å². The van der Waals surface area contributed by atoms with Crippen LogP contribution in [0.5, 0.6) is 0 Å². The number of β-amino-alcohol motifs (C(OH)–C–C–N with tert-alkyl or cyclic N) is 1.